The molecule has 2 aromatic heterocycles. The molecule has 0 saturated heterocycles. The molecular weight excluding hydrogens is 274 g/mol. The van der Waals surface area contributed by atoms with Crippen molar-refractivity contribution >= 4 is 17.5 Å². The van der Waals surface area contributed by atoms with Crippen LogP contribution >= 0.6 is 0 Å². The summed E-state index contributed by atoms with van der Waals surface area (Å²) in [4.78, 5) is 15.7. The molecule has 0 unspecified atom stereocenters. The first-order valence-electron chi connectivity index (χ1n) is 6.00. The van der Waals surface area contributed by atoms with Crippen LogP contribution in [0.3, 0.4) is 0 Å². The number of hydrogen-bond acceptors (Lipinski definition) is 7. The number of H-pyrrole nitrogens is 1. The fourth-order valence-corrected chi connectivity index (χ4v) is 1.79. The molecule has 0 aliphatic heterocycles. The quantitative estimate of drug-likeness (QED) is 0.653. The lowest BCUT2D eigenvalue weighted by molar-refractivity contribution is 0.101. The first kappa shape index (κ1) is 12.8. The lowest BCUT2D eigenvalue weighted by Gasteiger charge is -2.07. The molecule has 3 aromatic rings. The van der Waals surface area contributed by atoms with Gasteiger partial charge in [0.15, 0.2) is 0 Å². The zero-order chi connectivity index (χ0) is 14.8. The molecule has 0 aliphatic rings. The molecule has 0 spiro atoms. The molecule has 3 rings (SSSR count). The average Bonchev–Trinajstić information content (AvgIpc) is 3.12. The van der Waals surface area contributed by atoms with Crippen molar-refractivity contribution in [1.82, 2.24) is 25.4 Å². The van der Waals surface area contributed by atoms with Crippen molar-refractivity contribution in [2.75, 3.05) is 11.1 Å². The molecule has 0 atom stereocenters. The van der Waals surface area contributed by atoms with E-state index in [9.17, 15) is 4.79 Å². The molecule has 0 saturated carbocycles. The second-order valence-electron chi connectivity index (χ2n) is 4.27. The summed E-state index contributed by atoms with van der Waals surface area (Å²) in [6.07, 6.45) is 1.26. The van der Waals surface area contributed by atoms with Crippen molar-refractivity contribution in [2.24, 2.45) is 0 Å². The third-order valence-electron chi connectivity index (χ3n) is 2.80. The van der Waals surface area contributed by atoms with E-state index in [0.717, 1.165) is 11.1 Å². The minimum atomic E-state index is -0.423. The molecule has 0 aliphatic carbocycles. The summed E-state index contributed by atoms with van der Waals surface area (Å²) in [7, 11) is 0. The van der Waals surface area contributed by atoms with E-state index in [-0.39, 0.29) is 11.8 Å². The highest BCUT2D eigenvalue weighted by atomic mass is 16.4. The number of nitrogens with two attached hydrogens (primary N) is 1. The van der Waals surface area contributed by atoms with Crippen molar-refractivity contribution < 1.29 is 9.21 Å². The molecule has 0 bridgehead atoms. The summed E-state index contributed by atoms with van der Waals surface area (Å²) in [5.41, 5.74) is 7.60. The number of amides is 1. The van der Waals surface area contributed by atoms with Gasteiger partial charge in [-0.1, -0.05) is 0 Å². The van der Waals surface area contributed by atoms with E-state index in [2.05, 4.69) is 30.7 Å². The fraction of sp³-hybridized carbons (Fsp3) is 0.0833. The van der Waals surface area contributed by atoms with Crippen LogP contribution in [0.2, 0.25) is 0 Å². The molecule has 0 fully saturated rings. The number of nitrogen functional groups attached to an aromatic ring is 1. The van der Waals surface area contributed by atoms with Gasteiger partial charge in [-0.25, -0.2) is 0 Å². The minimum Gasteiger partial charge on any atom is -0.423 e. The van der Waals surface area contributed by atoms with E-state index in [1.165, 1.54) is 6.39 Å². The van der Waals surface area contributed by atoms with Gasteiger partial charge in [-0.2, -0.15) is 4.98 Å². The smallest absolute Gasteiger partial charge is 0.293 e. The number of carbonyl (C=O) groups is 1. The van der Waals surface area contributed by atoms with Crippen molar-refractivity contribution in [3.63, 3.8) is 0 Å². The van der Waals surface area contributed by atoms with Crippen LogP contribution in [-0.4, -0.2) is 31.3 Å². The molecule has 9 nitrogen and oxygen atoms in total. The highest BCUT2D eigenvalue weighted by Gasteiger charge is 2.13. The number of aryl methyl sites for hydroxylation is 1. The van der Waals surface area contributed by atoms with Crippen molar-refractivity contribution in [2.45, 2.75) is 6.92 Å². The first-order valence-corrected chi connectivity index (χ1v) is 6.00. The van der Waals surface area contributed by atoms with E-state index in [1.54, 1.807) is 12.1 Å². The molecule has 21 heavy (non-hydrogen) atoms. The lowest BCUT2D eigenvalue weighted by Crippen LogP contribution is -2.14. The Labute approximate surface area is 118 Å². The van der Waals surface area contributed by atoms with Crippen molar-refractivity contribution in [3.05, 3.63) is 36.0 Å². The molecule has 1 amide bonds. The molecule has 0 radical (unpaired) electrons. The maximum absolute atomic E-state index is 12.0. The third kappa shape index (κ3) is 2.56. The molecule has 1 aromatic carbocycles. The van der Waals surface area contributed by atoms with Crippen molar-refractivity contribution in [3.8, 4) is 11.5 Å². The van der Waals surface area contributed by atoms with Gasteiger partial charge >= 0.3 is 0 Å². The van der Waals surface area contributed by atoms with E-state index < -0.39 is 5.91 Å². The zero-order valence-electron chi connectivity index (χ0n) is 11.0. The van der Waals surface area contributed by atoms with Gasteiger partial charge in [-0.15, -0.1) is 15.3 Å². The Kier molecular flexibility index (Phi) is 3.07. The average molecular weight is 285 g/mol. The Morgan fingerprint density at radius 3 is 2.90 bits per heavy atom. The van der Waals surface area contributed by atoms with E-state index in [0.29, 0.717) is 11.6 Å². The summed E-state index contributed by atoms with van der Waals surface area (Å²) in [6.45, 7) is 1.85. The summed E-state index contributed by atoms with van der Waals surface area (Å²) in [6, 6.07) is 5.34. The number of nitrogens with one attached hydrogen (secondary N) is 2. The van der Waals surface area contributed by atoms with Crippen LogP contribution in [0.15, 0.2) is 29.0 Å². The van der Waals surface area contributed by atoms with Gasteiger partial charge in [0, 0.05) is 11.3 Å². The van der Waals surface area contributed by atoms with E-state index in [4.69, 9.17) is 10.2 Å². The molecule has 4 N–H and O–H groups in total. The Bertz CT molecular complexity index is 779. The van der Waals surface area contributed by atoms with Gasteiger partial charge in [0.1, 0.15) is 0 Å². The molecule has 106 valence electrons. The number of benzene rings is 1. The molecule has 2 heterocycles. The third-order valence-corrected chi connectivity index (χ3v) is 2.80. The van der Waals surface area contributed by atoms with Gasteiger partial charge < -0.3 is 15.5 Å². The predicted molar refractivity (Wildman–Crippen MR) is 73.2 cm³/mol. The van der Waals surface area contributed by atoms with Gasteiger partial charge in [-0.05, 0) is 30.7 Å². The zero-order valence-corrected chi connectivity index (χ0v) is 11.0. The number of rotatable bonds is 3. The SMILES string of the molecule is Cc1cc(-c2nnco2)ccc1NC(=O)c1nc(N)n[nH]1. The van der Waals surface area contributed by atoms with Crippen LogP contribution in [0.5, 0.6) is 0 Å². The summed E-state index contributed by atoms with van der Waals surface area (Å²) in [5, 5.41) is 16.2. The molecule has 9 heteroatoms. The highest BCUT2D eigenvalue weighted by molar-refractivity contribution is 6.02. The normalized spacial score (nSPS) is 10.5. The highest BCUT2D eigenvalue weighted by Crippen LogP contribution is 2.23. The van der Waals surface area contributed by atoms with Crippen LogP contribution in [0, 0.1) is 6.92 Å². The van der Waals surface area contributed by atoms with Gasteiger partial charge in [0.05, 0.1) is 0 Å². The maximum atomic E-state index is 12.0. The van der Waals surface area contributed by atoms with Crippen LogP contribution in [0.25, 0.3) is 11.5 Å². The Morgan fingerprint density at radius 2 is 2.29 bits per heavy atom. The number of anilines is 2. The molecular formula is C12H11N7O2. The summed E-state index contributed by atoms with van der Waals surface area (Å²) < 4.78 is 5.12. The van der Waals surface area contributed by atoms with Crippen LogP contribution in [0.4, 0.5) is 11.6 Å². The number of aromatic nitrogens is 5. The predicted octanol–water partition coefficient (Wildman–Crippen LogP) is 0.998. The van der Waals surface area contributed by atoms with Crippen LogP contribution < -0.4 is 11.1 Å². The largest absolute Gasteiger partial charge is 0.423 e. The summed E-state index contributed by atoms with van der Waals surface area (Å²) in [5.74, 6) is 0.0586. The van der Waals surface area contributed by atoms with Crippen LogP contribution in [-0.2, 0) is 0 Å². The van der Waals surface area contributed by atoms with Gasteiger partial charge in [0.25, 0.3) is 5.91 Å². The van der Waals surface area contributed by atoms with E-state index >= 15 is 0 Å². The Hall–Kier alpha value is -3.23. The number of nitrogens with zero attached hydrogens (tertiary/aromatic N) is 4. The maximum Gasteiger partial charge on any atom is 0.293 e. The number of hydrogen-bond donors (Lipinski definition) is 3. The van der Waals surface area contributed by atoms with Crippen LogP contribution in [0.1, 0.15) is 16.2 Å². The lowest BCUT2D eigenvalue weighted by atomic mass is 10.1. The Balaban J connectivity index is 1.82. The van der Waals surface area contributed by atoms with Crippen molar-refractivity contribution in [1.29, 1.82) is 0 Å². The van der Waals surface area contributed by atoms with E-state index in [1.807, 2.05) is 13.0 Å². The topological polar surface area (TPSA) is 136 Å². The minimum absolute atomic E-state index is 0.0172. The monoisotopic (exact) mass is 285 g/mol. The second kappa shape index (κ2) is 5.04. The van der Waals surface area contributed by atoms with Gasteiger partial charge in [-0.3, -0.25) is 9.89 Å². The second-order valence-corrected chi connectivity index (χ2v) is 4.27. The standard InChI is InChI=1S/C12H11N7O2/c1-6-4-7(11-18-14-5-21-11)2-3-8(6)15-10(20)9-16-12(13)19-17-9/h2-5H,1H3,(H,15,20)(H3,13,16,17,19). The summed E-state index contributed by atoms with van der Waals surface area (Å²) >= 11 is 0. The fourth-order valence-electron chi connectivity index (χ4n) is 1.79. The van der Waals surface area contributed by atoms with Gasteiger partial charge in [0.2, 0.25) is 24.1 Å². The Morgan fingerprint density at radius 1 is 1.43 bits per heavy atom. The first-order chi connectivity index (χ1) is 10.1. The number of carbonyl (C=O) groups excluding carboxylic acids is 1. The number of aromatic amines is 1.